The fraction of sp³-hybridized carbons (Fsp3) is 0.478. The summed E-state index contributed by atoms with van der Waals surface area (Å²) in [6.45, 7) is 4.54. The molecule has 0 spiro atoms. The van der Waals surface area contributed by atoms with Crippen LogP contribution in [0, 0.1) is 0 Å². The van der Waals surface area contributed by atoms with Crippen molar-refractivity contribution in [3.05, 3.63) is 53.9 Å². The highest BCUT2D eigenvalue weighted by Gasteiger charge is 2.46. The molecule has 29 heavy (non-hydrogen) atoms. The van der Waals surface area contributed by atoms with E-state index in [2.05, 4.69) is 52.0 Å². The molecule has 152 valence electrons. The quantitative estimate of drug-likeness (QED) is 0.719. The van der Waals surface area contributed by atoms with Crippen molar-refractivity contribution in [1.29, 1.82) is 0 Å². The Morgan fingerprint density at radius 1 is 1.17 bits per heavy atom. The van der Waals surface area contributed by atoms with Crippen LogP contribution in [0.5, 0.6) is 5.75 Å². The van der Waals surface area contributed by atoms with Crippen molar-refractivity contribution in [2.45, 2.75) is 44.3 Å². The molecule has 0 bridgehead atoms. The monoisotopic (exact) mass is 408 g/mol. The van der Waals surface area contributed by atoms with Gasteiger partial charge in [-0.15, -0.1) is 0 Å². The number of methoxy groups -OCH3 is 1. The molecule has 4 heterocycles. The van der Waals surface area contributed by atoms with Gasteiger partial charge in [0.15, 0.2) is 5.17 Å². The maximum absolute atomic E-state index is 5.93. The maximum Gasteiger partial charge on any atom is 0.160 e. The molecule has 3 aliphatic rings. The van der Waals surface area contributed by atoms with E-state index in [0.717, 1.165) is 41.9 Å². The summed E-state index contributed by atoms with van der Waals surface area (Å²) in [4.78, 5) is 14.8. The molecule has 3 aliphatic heterocycles. The van der Waals surface area contributed by atoms with E-state index in [-0.39, 0.29) is 12.1 Å². The number of hydrogen-bond acceptors (Lipinski definition) is 6. The summed E-state index contributed by atoms with van der Waals surface area (Å²) in [6.07, 6.45) is 5.53. The predicted octanol–water partition coefficient (Wildman–Crippen LogP) is 4.67. The van der Waals surface area contributed by atoms with Gasteiger partial charge in [0.05, 0.1) is 18.8 Å². The molecule has 1 aromatic heterocycles. The third-order valence-corrected chi connectivity index (χ3v) is 7.46. The molecule has 5 nitrogen and oxygen atoms in total. The van der Waals surface area contributed by atoms with E-state index >= 15 is 0 Å². The molecule has 3 atom stereocenters. The number of thioether (sulfide) groups is 1. The topological polar surface area (TPSA) is 41.0 Å². The molecule has 2 saturated heterocycles. The lowest BCUT2D eigenvalue weighted by Crippen LogP contribution is -2.35. The Morgan fingerprint density at radius 2 is 2.03 bits per heavy atom. The Hall–Kier alpha value is -2.21. The normalized spacial score (nSPS) is 26.0. The number of aliphatic imine (C=N–C) groups is 1. The number of fused-ring (bicyclic) bond motifs is 1. The predicted molar refractivity (Wildman–Crippen MR) is 120 cm³/mol. The summed E-state index contributed by atoms with van der Waals surface area (Å²) in [7, 11) is 1.79. The van der Waals surface area contributed by atoms with Gasteiger partial charge in [-0.25, -0.2) is 0 Å². The Bertz CT molecular complexity index is 897. The zero-order valence-electron chi connectivity index (χ0n) is 17.1. The zero-order valence-corrected chi connectivity index (χ0v) is 17.9. The molecule has 0 saturated carbocycles. The van der Waals surface area contributed by atoms with Crippen LogP contribution in [0.4, 0.5) is 5.69 Å². The van der Waals surface area contributed by atoms with Gasteiger partial charge in [-0.2, -0.15) is 0 Å². The summed E-state index contributed by atoms with van der Waals surface area (Å²) in [5.74, 6) is 2.07. The average Bonchev–Trinajstić information content (AvgIpc) is 3.50. The third kappa shape index (κ3) is 3.27. The van der Waals surface area contributed by atoms with Crippen LogP contribution >= 0.6 is 11.8 Å². The van der Waals surface area contributed by atoms with Crippen molar-refractivity contribution in [2.75, 3.05) is 30.9 Å². The lowest BCUT2D eigenvalue weighted by molar-refractivity contribution is 0.249. The molecule has 0 unspecified atom stereocenters. The van der Waals surface area contributed by atoms with Crippen molar-refractivity contribution in [3.8, 4) is 5.75 Å². The molecule has 2 fully saturated rings. The molecular weight excluding hydrogens is 380 g/mol. The molecule has 0 aliphatic carbocycles. The van der Waals surface area contributed by atoms with Crippen LogP contribution in [0.2, 0.25) is 0 Å². The maximum atomic E-state index is 5.93. The number of aromatic nitrogens is 1. The van der Waals surface area contributed by atoms with Gasteiger partial charge in [0.1, 0.15) is 11.8 Å². The van der Waals surface area contributed by atoms with Crippen LogP contribution in [-0.2, 0) is 0 Å². The molecule has 2 aromatic rings. The van der Waals surface area contributed by atoms with Crippen molar-refractivity contribution in [2.24, 2.45) is 4.99 Å². The highest BCUT2D eigenvalue weighted by Crippen LogP contribution is 2.50. The number of ether oxygens (including phenoxy) is 1. The van der Waals surface area contributed by atoms with E-state index in [1.165, 1.54) is 24.1 Å². The van der Waals surface area contributed by atoms with E-state index < -0.39 is 0 Å². The van der Waals surface area contributed by atoms with Crippen molar-refractivity contribution < 1.29 is 4.74 Å². The van der Waals surface area contributed by atoms with Crippen molar-refractivity contribution in [3.63, 3.8) is 0 Å². The first-order valence-corrected chi connectivity index (χ1v) is 11.6. The first-order chi connectivity index (χ1) is 14.3. The molecule has 5 rings (SSSR count). The summed E-state index contributed by atoms with van der Waals surface area (Å²) in [5.41, 5.74) is 3.51. The van der Waals surface area contributed by atoms with E-state index in [1.54, 1.807) is 7.11 Å². The van der Waals surface area contributed by atoms with Gasteiger partial charge in [0.2, 0.25) is 0 Å². The lowest BCUT2D eigenvalue weighted by Gasteiger charge is -2.33. The second-order valence-corrected chi connectivity index (χ2v) is 8.94. The standard InChI is InChI=1S/C23H28N4OS/c1-3-16-15-29-23-25-21(19-8-4-5-11-24-19)22(27(16)23)18-10-9-17(14-20(18)28-2)26-12-6-7-13-26/h4-5,8-11,14,16,21-22H,3,6-7,12-13,15H2,1-2H3/t16-,21-,22+/m1/s1. The van der Waals surface area contributed by atoms with Crippen LogP contribution in [0.25, 0.3) is 0 Å². The van der Waals surface area contributed by atoms with E-state index in [4.69, 9.17) is 9.73 Å². The van der Waals surface area contributed by atoms with Crippen LogP contribution in [0.15, 0.2) is 47.6 Å². The summed E-state index contributed by atoms with van der Waals surface area (Å²) in [5, 5.41) is 1.16. The van der Waals surface area contributed by atoms with Gasteiger partial charge in [0.25, 0.3) is 0 Å². The smallest absolute Gasteiger partial charge is 0.160 e. The summed E-state index contributed by atoms with van der Waals surface area (Å²) >= 11 is 1.88. The number of hydrogen-bond donors (Lipinski definition) is 0. The number of pyridine rings is 1. The molecule has 6 heteroatoms. The molecule has 0 amide bonds. The highest BCUT2D eigenvalue weighted by atomic mass is 32.2. The van der Waals surface area contributed by atoms with E-state index in [9.17, 15) is 0 Å². The third-order valence-electron chi connectivity index (χ3n) is 6.34. The van der Waals surface area contributed by atoms with Crippen molar-refractivity contribution >= 4 is 22.6 Å². The second kappa shape index (κ2) is 7.90. The number of anilines is 1. The lowest BCUT2D eigenvalue weighted by atomic mass is 9.94. The van der Waals surface area contributed by atoms with Crippen LogP contribution in [-0.4, -0.2) is 47.0 Å². The Labute approximate surface area is 177 Å². The van der Waals surface area contributed by atoms with Gasteiger partial charge in [-0.1, -0.05) is 30.8 Å². The van der Waals surface area contributed by atoms with Gasteiger partial charge in [-0.05, 0) is 37.5 Å². The minimum absolute atomic E-state index is 0.000383. The fourth-order valence-corrected chi connectivity index (χ4v) is 6.14. The van der Waals surface area contributed by atoms with E-state index in [1.807, 2.05) is 24.0 Å². The molecular formula is C23H28N4OS. The van der Waals surface area contributed by atoms with Gasteiger partial charge in [0, 0.05) is 48.4 Å². The minimum atomic E-state index is -0.000383. The first kappa shape index (κ1) is 18.8. The van der Waals surface area contributed by atoms with Gasteiger partial charge >= 0.3 is 0 Å². The second-order valence-electron chi connectivity index (χ2n) is 7.96. The average molecular weight is 409 g/mol. The van der Waals surface area contributed by atoms with Crippen molar-refractivity contribution in [1.82, 2.24) is 9.88 Å². The molecule has 1 aromatic carbocycles. The van der Waals surface area contributed by atoms with Crippen LogP contribution < -0.4 is 9.64 Å². The minimum Gasteiger partial charge on any atom is -0.496 e. The fourth-order valence-electron chi connectivity index (χ4n) is 4.80. The summed E-state index contributed by atoms with van der Waals surface area (Å²) in [6, 6.07) is 13.5. The first-order valence-electron chi connectivity index (χ1n) is 10.6. The number of benzene rings is 1. The Kier molecular flexibility index (Phi) is 5.12. The largest absolute Gasteiger partial charge is 0.496 e. The highest BCUT2D eigenvalue weighted by molar-refractivity contribution is 8.14. The Balaban J connectivity index is 1.57. The summed E-state index contributed by atoms with van der Waals surface area (Å²) < 4.78 is 5.93. The van der Waals surface area contributed by atoms with Gasteiger partial charge < -0.3 is 14.5 Å². The number of nitrogens with zero attached hydrogens (tertiary/aromatic N) is 4. The molecule has 0 N–H and O–H groups in total. The van der Waals surface area contributed by atoms with Crippen LogP contribution in [0.3, 0.4) is 0 Å². The SMILES string of the molecule is CC[C@@H]1CSC2=N[C@H](c3ccccn3)[C@H](c3ccc(N4CCCC4)cc3OC)N21. The number of amidine groups is 1. The zero-order chi connectivity index (χ0) is 19.8. The van der Waals surface area contributed by atoms with Crippen LogP contribution in [0.1, 0.15) is 49.5 Å². The van der Waals surface area contributed by atoms with E-state index in [0.29, 0.717) is 6.04 Å². The number of rotatable bonds is 5. The Morgan fingerprint density at radius 3 is 2.76 bits per heavy atom. The van der Waals surface area contributed by atoms with Gasteiger partial charge in [-0.3, -0.25) is 9.98 Å². The molecule has 0 radical (unpaired) electrons.